The van der Waals surface area contributed by atoms with E-state index in [0.29, 0.717) is 6.04 Å². The molecule has 1 heterocycles. The maximum absolute atomic E-state index is 5.44. The zero-order valence-corrected chi connectivity index (χ0v) is 11.9. The molecule has 0 fully saturated rings. The molecule has 1 unspecified atom stereocenters. The van der Waals surface area contributed by atoms with Crippen LogP contribution < -0.4 is 5.32 Å². The third-order valence-corrected chi connectivity index (χ3v) is 3.36. The van der Waals surface area contributed by atoms with E-state index < -0.39 is 0 Å². The van der Waals surface area contributed by atoms with E-state index >= 15 is 0 Å². The molecule has 19 heavy (non-hydrogen) atoms. The van der Waals surface area contributed by atoms with Crippen LogP contribution in [0.5, 0.6) is 0 Å². The summed E-state index contributed by atoms with van der Waals surface area (Å²) < 4.78 is 5.44. The molecule has 0 saturated heterocycles. The highest BCUT2D eigenvalue weighted by atomic mass is 16.3. The molecule has 102 valence electrons. The largest absolute Gasteiger partial charge is 0.469 e. The zero-order valence-electron chi connectivity index (χ0n) is 11.9. The minimum atomic E-state index is 0.387. The van der Waals surface area contributed by atoms with Gasteiger partial charge in [-0.2, -0.15) is 0 Å². The lowest BCUT2D eigenvalue weighted by Gasteiger charge is -2.17. The number of nitrogens with one attached hydrogen (secondary N) is 1. The third kappa shape index (κ3) is 4.25. The quantitative estimate of drug-likeness (QED) is 0.801. The smallest absolute Gasteiger partial charge is 0.101 e. The summed E-state index contributed by atoms with van der Waals surface area (Å²) in [6.07, 6.45) is 5.22. The van der Waals surface area contributed by atoms with Crippen molar-refractivity contribution in [2.24, 2.45) is 0 Å². The Morgan fingerprint density at radius 3 is 2.63 bits per heavy atom. The van der Waals surface area contributed by atoms with Gasteiger partial charge in [0.25, 0.3) is 0 Å². The van der Waals surface area contributed by atoms with Gasteiger partial charge in [-0.05, 0) is 44.4 Å². The zero-order chi connectivity index (χ0) is 13.5. The number of aryl methyl sites for hydroxylation is 2. The van der Waals surface area contributed by atoms with Gasteiger partial charge in [-0.1, -0.05) is 37.3 Å². The lowest BCUT2D eigenvalue weighted by molar-refractivity contribution is 0.484. The standard InChI is InChI=1S/C17H23NO/c1-3-11-18-17(16-12-14(2)19-13-16)10-9-15-7-5-4-6-8-15/h4-8,12-13,17-18H,3,9-11H2,1-2H3. The van der Waals surface area contributed by atoms with Crippen molar-refractivity contribution >= 4 is 0 Å². The number of furan rings is 1. The summed E-state index contributed by atoms with van der Waals surface area (Å²) in [6.45, 7) is 5.24. The summed E-state index contributed by atoms with van der Waals surface area (Å²) in [5, 5.41) is 3.61. The molecule has 2 heteroatoms. The van der Waals surface area contributed by atoms with E-state index in [1.165, 1.54) is 11.1 Å². The van der Waals surface area contributed by atoms with E-state index in [9.17, 15) is 0 Å². The van der Waals surface area contributed by atoms with Crippen LogP contribution in [0.3, 0.4) is 0 Å². The molecule has 0 spiro atoms. The van der Waals surface area contributed by atoms with Crippen LogP contribution in [0.4, 0.5) is 0 Å². The molecule has 0 saturated carbocycles. The Bertz CT molecular complexity index is 475. The lowest BCUT2D eigenvalue weighted by Crippen LogP contribution is -2.22. The minimum absolute atomic E-state index is 0.387. The summed E-state index contributed by atoms with van der Waals surface area (Å²) in [4.78, 5) is 0. The van der Waals surface area contributed by atoms with E-state index in [1.807, 2.05) is 13.2 Å². The fourth-order valence-corrected chi connectivity index (χ4v) is 2.31. The van der Waals surface area contributed by atoms with Gasteiger partial charge in [0.1, 0.15) is 5.76 Å². The topological polar surface area (TPSA) is 25.2 Å². The Kier molecular flexibility index (Phi) is 5.22. The van der Waals surface area contributed by atoms with Crippen molar-refractivity contribution in [1.82, 2.24) is 5.32 Å². The van der Waals surface area contributed by atoms with Crippen LogP contribution in [0, 0.1) is 6.92 Å². The van der Waals surface area contributed by atoms with Crippen molar-refractivity contribution in [3.05, 3.63) is 59.5 Å². The van der Waals surface area contributed by atoms with Crippen LogP contribution in [-0.4, -0.2) is 6.54 Å². The number of hydrogen-bond acceptors (Lipinski definition) is 2. The third-order valence-electron chi connectivity index (χ3n) is 3.36. The van der Waals surface area contributed by atoms with E-state index in [1.54, 1.807) is 0 Å². The molecule has 0 aliphatic heterocycles. The molecule has 0 aliphatic carbocycles. The van der Waals surface area contributed by atoms with Gasteiger partial charge in [-0.25, -0.2) is 0 Å². The molecular weight excluding hydrogens is 234 g/mol. The summed E-state index contributed by atoms with van der Waals surface area (Å²) in [5.74, 6) is 0.984. The second-order valence-corrected chi connectivity index (χ2v) is 5.02. The van der Waals surface area contributed by atoms with Crippen molar-refractivity contribution in [2.45, 2.75) is 39.2 Å². The van der Waals surface area contributed by atoms with Gasteiger partial charge in [0.2, 0.25) is 0 Å². The first kappa shape index (κ1) is 13.9. The van der Waals surface area contributed by atoms with Gasteiger partial charge in [-0.3, -0.25) is 0 Å². The van der Waals surface area contributed by atoms with Crippen molar-refractivity contribution in [3.8, 4) is 0 Å². The molecule has 2 rings (SSSR count). The second kappa shape index (κ2) is 7.15. The normalized spacial score (nSPS) is 12.5. The van der Waals surface area contributed by atoms with Gasteiger partial charge in [0.15, 0.2) is 0 Å². The predicted molar refractivity (Wildman–Crippen MR) is 79.2 cm³/mol. The Balaban J connectivity index is 1.98. The van der Waals surface area contributed by atoms with Crippen molar-refractivity contribution in [2.75, 3.05) is 6.54 Å². The van der Waals surface area contributed by atoms with Crippen molar-refractivity contribution in [1.29, 1.82) is 0 Å². The highest BCUT2D eigenvalue weighted by Gasteiger charge is 2.12. The fraction of sp³-hybridized carbons (Fsp3) is 0.412. The molecule has 1 N–H and O–H groups in total. The molecule has 0 radical (unpaired) electrons. The lowest BCUT2D eigenvalue weighted by atomic mass is 10.0. The SMILES string of the molecule is CCCNC(CCc1ccccc1)c1coc(C)c1. The minimum Gasteiger partial charge on any atom is -0.469 e. The highest BCUT2D eigenvalue weighted by molar-refractivity contribution is 5.19. The number of rotatable bonds is 7. The average Bonchev–Trinajstić information content (AvgIpc) is 2.86. The van der Waals surface area contributed by atoms with Crippen LogP contribution in [0.1, 0.15) is 42.7 Å². The van der Waals surface area contributed by atoms with Crippen LogP contribution in [0.2, 0.25) is 0 Å². The first-order valence-corrected chi connectivity index (χ1v) is 7.12. The molecule has 1 atom stereocenters. The summed E-state index contributed by atoms with van der Waals surface area (Å²) in [5.41, 5.74) is 2.66. The highest BCUT2D eigenvalue weighted by Crippen LogP contribution is 2.21. The monoisotopic (exact) mass is 257 g/mol. The summed E-state index contributed by atoms with van der Waals surface area (Å²) >= 11 is 0. The summed E-state index contributed by atoms with van der Waals surface area (Å²) in [7, 11) is 0. The Hall–Kier alpha value is -1.54. The van der Waals surface area contributed by atoms with Gasteiger partial charge < -0.3 is 9.73 Å². The maximum atomic E-state index is 5.44. The van der Waals surface area contributed by atoms with Crippen molar-refractivity contribution < 1.29 is 4.42 Å². The van der Waals surface area contributed by atoms with Crippen LogP contribution in [0.25, 0.3) is 0 Å². The van der Waals surface area contributed by atoms with Gasteiger partial charge in [0.05, 0.1) is 6.26 Å². The predicted octanol–water partition coefficient (Wildman–Crippen LogP) is 4.26. The number of benzene rings is 1. The Labute approximate surface area is 115 Å². The molecule has 0 amide bonds. The van der Waals surface area contributed by atoms with Crippen LogP contribution in [0.15, 0.2) is 47.1 Å². The fourth-order valence-electron chi connectivity index (χ4n) is 2.31. The molecule has 0 bridgehead atoms. The van der Waals surface area contributed by atoms with E-state index in [2.05, 4.69) is 48.6 Å². The molecular formula is C17H23NO. The molecule has 2 aromatic rings. The first-order valence-electron chi connectivity index (χ1n) is 7.12. The second-order valence-electron chi connectivity index (χ2n) is 5.02. The maximum Gasteiger partial charge on any atom is 0.101 e. The molecule has 0 aliphatic rings. The van der Waals surface area contributed by atoms with Crippen LogP contribution in [-0.2, 0) is 6.42 Å². The average molecular weight is 257 g/mol. The Morgan fingerprint density at radius 2 is 2.00 bits per heavy atom. The molecule has 1 aromatic heterocycles. The van der Waals surface area contributed by atoms with Crippen LogP contribution >= 0.6 is 0 Å². The molecule has 2 nitrogen and oxygen atoms in total. The number of hydrogen-bond donors (Lipinski definition) is 1. The van der Waals surface area contributed by atoms with Gasteiger partial charge >= 0.3 is 0 Å². The van der Waals surface area contributed by atoms with Gasteiger partial charge in [0, 0.05) is 11.6 Å². The molecule has 1 aromatic carbocycles. The van der Waals surface area contributed by atoms with Gasteiger partial charge in [-0.15, -0.1) is 0 Å². The van der Waals surface area contributed by atoms with E-state index in [0.717, 1.165) is 31.6 Å². The summed E-state index contributed by atoms with van der Waals surface area (Å²) in [6, 6.07) is 13.2. The van der Waals surface area contributed by atoms with E-state index in [-0.39, 0.29) is 0 Å². The first-order chi connectivity index (χ1) is 9.29. The van der Waals surface area contributed by atoms with E-state index in [4.69, 9.17) is 4.42 Å². The Morgan fingerprint density at radius 1 is 1.21 bits per heavy atom. The van der Waals surface area contributed by atoms with Crippen molar-refractivity contribution in [3.63, 3.8) is 0 Å².